The van der Waals surface area contributed by atoms with Gasteiger partial charge in [0.05, 0.1) is 0 Å². The predicted molar refractivity (Wildman–Crippen MR) is 98.4 cm³/mol. The van der Waals surface area contributed by atoms with Gasteiger partial charge in [0.25, 0.3) is 0 Å². The minimum Gasteiger partial charge on any atom is -0.190 e. The highest BCUT2D eigenvalue weighted by atomic mass is 19.1. The Labute approximate surface area is 151 Å². The number of hydrogen-bond acceptors (Lipinski definition) is 1. The summed E-state index contributed by atoms with van der Waals surface area (Å²) in [5.74, 6) is 1.60. The van der Waals surface area contributed by atoms with Crippen molar-refractivity contribution >= 4 is 0 Å². The highest BCUT2D eigenvalue weighted by molar-refractivity contribution is 5.17. The Hall–Kier alpha value is -0.990. The molecule has 2 fully saturated rings. The number of hydrogen-bond donors (Lipinski definition) is 0. The lowest BCUT2D eigenvalue weighted by Gasteiger charge is -2.38. The minimum absolute atomic E-state index is 0.231. The van der Waals surface area contributed by atoms with Crippen LogP contribution in [0.1, 0.15) is 95.5 Å². The lowest BCUT2D eigenvalue weighted by atomic mass is 9.68. The van der Waals surface area contributed by atoms with Crippen molar-refractivity contribution in [3.8, 4) is 0 Å². The zero-order chi connectivity index (χ0) is 17.6. The zero-order valence-electron chi connectivity index (χ0n) is 15.7. The van der Waals surface area contributed by atoms with Crippen molar-refractivity contribution in [2.24, 2.45) is 17.8 Å². The van der Waals surface area contributed by atoms with Gasteiger partial charge in [-0.2, -0.15) is 13.8 Å². The summed E-state index contributed by atoms with van der Waals surface area (Å²) in [7, 11) is 0. The van der Waals surface area contributed by atoms with E-state index in [2.05, 4.69) is 11.9 Å². The quantitative estimate of drug-likeness (QED) is 0.397. The number of nitrogens with zero attached hydrogens (tertiary/aromatic N) is 1. The van der Waals surface area contributed by atoms with Gasteiger partial charge in [-0.25, -0.2) is 0 Å². The largest absolute Gasteiger partial charge is 0.218 e. The molecule has 0 aromatic carbocycles. The van der Waals surface area contributed by atoms with Crippen LogP contribution in [0.15, 0.2) is 12.1 Å². The maximum atomic E-state index is 13.9. The van der Waals surface area contributed by atoms with Crippen LogP contribution in [0, 0.1) is 29.6 Å². The fourth-order valence-electron chi connectivity index (χ4n) is 5.26. The molecule has 2 aliphatic carbocycles. The van der Waals surface area contributed by atoms with Crippen LogP contribution in [0.25, 0.3) is 0 Å². The first-order valence-electron chi connectivity index (χ1n) is 10.5. The third kappa shape index (κ3) is 5.01. The lowest BCUT2D eigenvalue weighted by molar-refractivity contribution is 0.155. The molecule has 0 N–H and O–H groups in total. The second kappa shape index (κ2) is 9.09. The maximum absolute atomic E-state index is 13.9. The van der Waals surface area contributed by atoms with E-state index in [-0.39, 0.29) is 5.92 Å². The van der Waals surface area contributed by atoms with Crippen LogP contribution >= 0.6 is 0 Å². The first kappa shape index (κ1) is 18.8. The van der Waals surface area contributed by atoms with E-state index in [1.54, 1.807) is 6.07 Å². The Balaban J connectivity index is 1.44. The second-order valence-electron chi connectivity index (χ2n) is 8.40. The fraction of sp³-hybridized carbons (Fsp3) is 0.773. The lowest BCUT2D eigenvalue weighted by Crippen LogP contribution is -2.25. The van der Waals surface area contributed by atoms with Gasteiger partial charge in [-0.15, -0.1) is 0 Å². The number of halogens is 2. The molecule has 1 nitrogen and oxygen atoms in total. The van der Waals surface area contributed by atoms with Gasteiger partial charge >= 0.3 is 0 Å². The third-order valence-electron chi connectivity index (χ3n) is 6.83. The van der Waals surface area contributed by atoms with Crippen LogP contribution in [0.5, 0.6) is 0 Å². The summed E-state index contributed by atoms with van der Waals surface area (Å²) in [6.07, 6.45) is 15.7. The molecule has 140 valence electrons. The molecule has 0 atom stereocenters. The van der Waals surface area contributed by atoms with Crippen LogP contribution in [0.3, 0.4) is 0 Å². The van der Waals surface area contributed by atoms with Crippen LogP contribution in [0.4, 0.5) is 8.78 Å². The fourth-order valence-corrected chi connectivity index (χ4v) is 5.26. The Morgan fingerprint density at radius 2 is 1.52 bits per heavy atom. The Morgan fingerprint density at radius 3 is 2.12 bits per heavy atom. The highest BCUT2D eigenvalue weighted by Crippen LogP contribution is 2.44. The summed E-state index contributed by atoms with van der Waals surface area (Å²) >= 11 is 0. The molecule has 0 spiro atoms. The van der Waals surface area contributed by atoms with Gasteiger partial charge < -0.3 is 0 Å². The van der Waals surface area contributed by atoms with Crippen molar-refractivity contribution in [1.82, 2.24) is 4.98 Å². The summed E-state index contributed by atoms with van der Waals surface area (Å²) < 4.78 is 26.9. The van der Waals surface area contributed by atoms with Crippen LogP contribution in [-0.2, 0) is 0 Å². The molecule has 0 amide bonds. The summed E-state index contributed by atoms with van der Waals surface area (Å²) in [6.45, 7) is 2.28. The van der Waals surface area contributed by atoms with E-state index in [0.717, 1.165) is 30.6 Å². The summed E-state index contributed by atoms with van der Waals surface area (Å²) in [4.78, 5) is 3.36. The van der Waals surface area contributed by atoms with Gasteiger partial charge in [0.1, 0.15) is 0 Å². The van der Waals surface area contributed by atoms with E-state index in [1.165, 1.54) is 70.3 Å². The monoisotopic (exact) mass is 349 g/mol. The average Bonchev–Trinajstić information content (AvgIpc) is 2.63. The van der Waals surface area contributed by atoms with Crippen molar-refractivity contribution in [2.45, 2.75) is 89.9 Å². The van der Waals surface area contributed by atoms with Crippen LogP contribution < -0.4 is 0 Å². The maximum Gasteiger partial charge on any atom is 0.218 e. The third-order valence-corrected chi connectivity index (χ3v) is 6.83. The Morgan fingerprint density at radius 1 is 0.880 bits per heavy atom. The molecular weight excluding hydrogens is 316 g/mol. The van der Waals surface area contributed by atoms with Crippen LogP contribution in [0.2, 0.25) is 0 Å². The molecule has 0 saturated heterocycles. The van der Waals surface area contributed by atoms with Crippen molar-refractivity contribution in [3.63, 3.8) is 0 Å². The van der Waals surface area contributed by atoms with Gasteiger partial charge in [-0.1, -0.05) is 45.4 Å². The van der Waals surface area contributed by atoms with Crippen molar-refractivity contribution in [3.05, 3.63) is 29.6 Å². The van der Waals surface area contributed by atoms with E-state index in [0.29, 0.717) is 5.56 Å². The van der Waals surface area contributed by atoms with E-state index < -0.39 is 11.9 Å². The molecule has 3 rings (SSSR count). The zero-order valence-corrected chi connectivity index (χ0v) is 15.7. The first-order valence-corrected chi connectivity index (χ1v) is 10.5. The average molecular weight is 350 g/mol. The van der Waals surface area contributed by atoms with E-state index in [9.17, 15) is 8.78 Å². The summed E-state index contributed by atoms with van der Waals surface area (Å²) in [6, 6.07) is 2.90. The molecule has 0 radical (unpaired) electrons. The normalized spacial score (nSPS) is 30.4. The number of rotatable bonds is 6. The van der Waals surface area contributed by atoms with Gasteiger partial charge in [-0.05, 0) is 74.3 Å². The van der Waals surface area contributed by atoms with Gasteiger partial charge in [-0.3, -0.25) is 0 Å². The van der Waals surface area contributed by atoms with E-state index in [1.807, 2.05) is 0 Å². The first-order chi connectivity index (χ1) is 12.2. The molecule has 1 heterocycles. The van der Waals surface area contributed by atoms with Crippen LogP contribution in [-0.4, -0.2) is 4.98 Å². The second-order valence-corrected chi connectivity index (χ2v) is 8.40. The summed E-state index contributed by atoms with van der Waals surface area (Å²) in [5.41, 5.74) is 0.625. The van der Waals surface area contributed by atoms with E-state index >= 15 is 0 Å². The molecule has 1 aromatic rings. The Kier molecular flexibility index (Phi) is 6.84. The molecule has 3 heteroatoms. The molecule has 2 aliphatic rings. The standard InChI is InChI=1S/C22H33F2N/c1-2-3-4-5-16-6-8-17(9-7-16)18-10-12-19(13-11-18)20-14-15-21(23)25-22(20)24/h14-19H,2-13H2,1H3/t16-,17-,18-,19-. The molecular formula is C22H33F2N. The number of pyridine rings is 1. The molecule has 0 bridgehead atoms. The molecule has 0 unspecified atom stereocenters. The summed E-state index contributed by atoms with van der Waals surface area (Å²) in [5, 5.41) is 0. The van der Waals surface area contributed by atoms with Gasteiger partial charge in [0.15, 0.2) is 0 Å². The van der Waals surface area contributed by atoms with Gasteiger partial charge in [0, 0.05) is 5.56 Å². The molecule has 25 heavy (non-hydrogen) atoms. The van der Waals surface area contributed by atoms with Crippen molar-refractivity contribution in [1.29, 1.82) is 0 Å². The SMILES string of the molecule is CCCCC[C@H]1CC[C@H]([C@H]2CC[C@H](c3ccc(F)nc3F)CC2)CC1. The molecule has 2 saturated carbocycles. The van der Waals surface area contributed by atoms with Crippen molar-refractivity contribution < 1.29 is 8.78 Å². The smallest absolute Gasteiger partial charge is 0.190 e. The van der Waals surface area contributed by atoms with E-state index in [4.69, 9.17) is 0 Å². The van der Waals surface area contributed by atoms with Crippen molar-refractivity contribution in [2.75, 3.05) is 0 Å². The predicted octanol–water partition coefficient (Wildman–Crippen LogP) is 7.02. The molecule has 1 aromatic heterocycles. The molecule has 0 aliphatic heterocycles. The number of unbranched alkanes of at least 4 members (excludes halogenated alkanes) is 2. The topological polar surface area (TPSA) is 12.9 Å². The number of aromatic nitrogens is 1. The van der Waals surface area contributed by atoms with Gasteiger partial charge in [0.2, 0.25) is 11.9 Å². The highest BCUT2D eigenvalue weighted by Gasteiger charge is 2.32. The Bertz CT molecular complexity index is 529. The minimum atomic E-state index is -0.717.